The molecular formula is C22H34ClNO3. The van der Waals surface area contributed by atoms with Gasteiger partial charge in [0, 0.05) is 12.6 Å². The van der Waals surface area contributed by atoms with E-state index in [2.05, 4.69) is 11.8 Å². The van der Waals surface area contributed by atoms with Crippen LogP contribution < -0.4 is 4.74 Å². The van der Waals surface area contributed by atoms with E-state index in [-0.39, 0.29) is 18.4 Å². The Labute approximate surface area is 170 Å². The largest absolute Gasteiger partial charge is 0.490 e. The van der Waals surface area contributed by atoms with Gasteiger partial charge in [-0.2, -0.15) is 0 Å². The summed E-state index contributed by atoms with van der Waals surface area (Å²) >= 11 is 0. The lowest BCUT2D eigenvalue weighted by molar-refractivity contribution is 0.0475. The molecule has 1 aromatic rings. The van der Waals surface area contributed by atoms with Crippen molar-refractivity contribution in [1.29, 1.82) is 0 Å². The van der Waals surface area contributed by atoms with E-state index in [4.69, 9.17) is 9.47 Å². The molecule has 0 N–H and O–H groups in total. The number of benzene rings is 1. The standard InChI is InChI=1S/C22H33NO3.ClH/c1-18-8-5-6-15-23(18)16-7-17-25-22(24)19-11-13-21(14-12-19)26-20-9-3-2-4-10-20;/h11-14,18,20H,2-10,15-17H2,1H3;1H/t18-;/m1./s1. The number of piperidine rings is 1. The molecule has 27 heavy (non-hydrogen) atoms. The van der Waals surface area contributed by atoms with Gasteiger partial charge in [-0.25, -0.2) is 4.79 Å². The number of nitrogens with zero attached hydrogens (tertiary/aromatic N) is 1. The van der Waals surface area contributed by atoms with Gasteiger partial charge in [-0.15, -0.1) is 12.4 Å². The molecule has 0 unspecified atom stereocenters. The predicted molar refractivity (Wildman–Crippen MR) is 111 cm³/mol. The summed E-state index contributed by atoms with van der Waals surface area (Å²) in [4.78, 5) is 14.7. The zero-order valence-corrected chi connectivity index (χ0v) is 17.3. The summed E-state index contributed by atoms with van der Waals surface area (Å²) in [5, 5.41) is 0. The van der Waals surface area contributed by atoms with Gasteiger partial charge in [0.2, 0.25) is 0 Å². The number of esters is 1. The first-order valence-corrected chi connectivity index (χ1v) is 10.4. The first-order valence-electron chi connectivity index (χ1n) is 10.4. The maximum Gasteiger partial charge on any atom is 0.338 e. The topological polar surface area (TPSA) is 38.8 Å². The Morgan fingerprint density at radius 2 is 1.74 bits per heavy atom. The summed E-state index contributed by atoms with van der Waals surface area (Å²) in [5.41, 5.74) is 0.604. The smallest absolute Gasteiger partial charge is 0.338 e. The van der Waals surface area contributed by atoms with Gasteiger partial charge in [-0.3, -0.25) is 0 Å². The second kappa shape index (κ2) is 11.6. The fraction of sp³-hybridized carbons (Fsp3) is 0.682. The summed E-state index contributed by atoms with van der Waals surface area (Å²) in [7, 11) is 0. The molecule has 1 aromatic carbocycles. The maximum atomic E-state index is 12.2. The average Bonchev–Trinajstić information content (AvgIpc) is 2.68. The SMILES string of the molecule is C[C@@H]1CCCCN1CCCOC(=O)c1ccc(OC2CCCCC2)cc1.Cl. The highest BCUT2D eigenvalue weighted by Gasteiger charge is 2.18. The first kappa shape index (κ1) is 22.0. The molecule has 0 aromatic heterocycles. The number of carbonyl (C=O) groups is 1. The monoisotopic (exact) mass is 395 g/mol. The zero-order valence-electron chi connectivity index (χ0n) is 16.5. The molecule has 2 aliphatic rings. The highest BCUT2D eigenvalue weighted by molar-refractivity contribution is 5.89. The molecule has 152 valence electrons. The Hall–Kier alpha value is -1.26. The Morgan fingerprint density at radius 3 is 2.44 bits per heavy atom. The lowest BCUT2D eigenvalue weighted by atomic mass is 9.98. The van der Waals surface area contributed by atoms with Crippen molar-refractivity contribution in [3.63, 3.8) is 0 Å². The number of rotatable bonds is 7. The van der Waals surface area contributed by atoms with E-state index in [0.29, 0.717) is 24.3 Å². The van der Waals surface area contributed by atoms with Gasteiger partial charge in [0.25, 0.3) is 0 Å². The molecule has 0 radical (unpaired) electrons. The Bertz CT molecular complexity index is 557. The second-order valence-electron chi connectivity index (χ2n) is 7.77. The minimum atomic E-state index is -0.235. The van der Waals surface area contributed by atoms with Crippen molar-refractivity contribution < 1.29 is 14.3 Å². The molecule has 1 heterocycles. The van der Waals surface area contributed by atoms with Crippen LogP contribution >= 0.6 is 12.4 Å². The minimum absolute atomic E-state index is 0. The van der Waals surface area contributed by atoms with Crippen molar-refractivity contribution in [1.82, 2.24) is 4.90 Å². The lowest BCUT2D eigenvalue weighted by Crippen LogP contribution is -2.38. The van der Waals surface area contributed by atoms with Crippen molar-refractivity contribution in [2.75, 3.05) is 19.7 Å². The summed E-state index contributed by atoms with van der Waals surface area (Å²) < 4.78 is 11.4. The predicted octanol–water partition coefficient (Wildman–Crippen LogP) is 5.24. The van der Waals surface area contributed by atoms with Crippen LogP contribution in [-0.2, 0) is 4.74 Å². The Morgan fingerprint density at radius 1 is 1.04 bits per heavy atom. The summed E-state index contributed by atoms with van der Waals surface area (Å²) in [6.07, 6.45) is 11.3. The summed E-state index contributed by atoms with van der Waals surface area (Å²) in [6, 6.07) is 8.07. The Balaban J connectivity index is 0.00000261. The molecule has 0 spiro atoms. The quantitative estimate of drug-likeness (QED) is 0.467. The van der Waals surface area contributed by atoms with Crippen LogP contribution in [0.3, 0.4) is 0 Å². The number of likely N-dealkylation sites (tertiary alicyclic amines) is 1. The molecule has 4 nitrogen and oxygen atoms in total. The van der Waals surface area contributed by atoms with E-state index in [9.17, 15) is 4.79 Å². The van der Waals surface area contributed by atoms with Gasteiger partial charge in [0.15, 0.2) is 0 Å². The van der Waals surface area contributed by atoms with Crippen LogP contribution in [0.4, 0.5) is 0 Å². The van der Waals surface area contributed by atoms with Crippen molar-refractivity contribution in [3.05, 3.63) is 29.8 Å². The van der Waals surface area contributed by atoms with Crippen LogP contribution in [0, 0.1) is 0 Å². The van der Waals surface area contributed by atoms with Gasteiger partial charge < -0.3 is 14.4 Å². The molecule has 5 heteroatoms. The van der Waals surface area contributed by atoms with Crippen LogP contribution in [-0.4, -0.2) is 42.7 Å². The van der Waals surface area contributed by atoms with E-state index in [1.165, 1.54) is 45.1 Å². The van der Waals surface area contributed by atoms with Crippen LogP contribution in [0.25, 0.3) is 0 Å². The Kier molecular flexibility index (Phi) is 9.43. The zero-order chi connectivity index (χ0) is 18.2. The molecule has 1 aliphatic carbocycles. The number of hydrogen-bond donors (Lipinski definition) is 0. The molecule has 1 saturated heterocycles. The number of hydrogen-bond acceptors (Lipinski definition) is 4. The van der Waals surface area contributed by atoms with Crippen molar-refractivity contribution >= 4 is 18.4 Å². The highest BCUT2D eigenvalue weighted by atomic mass is 35.5. The van der Waals surface area contributed by atoms with Gasteiger partial charge in [-0.05, 0) is 82.7 Å². The third-order valence-electron chi connectivity index (χ3n) is 5.71. The second-order valence-corrected chi connectivity index (χ2v) is 7.77. The summed E-state index contributed by atoms with van der Waals surface area (Å²) in [6.45, 7) is 4.98. The highest BCUT2D eigenvalue weighted by Crippen LogP contribution is 2.23. The van der Waals surface area contributed by atoms with E-state index in [1.807, 2.05) is 24.3 Å². The molecule has 1 saturated carbocycles. The minimum Gasteiger partial charge on any atom is -0.490 e. The summed E-state index contributed by atoms with van der Waals surface area (Å²) in [5.74, 6) is 0.619. The number of halogens is 1. The third kappa shape index (κ3) is 7.00. The molecule has 1 atom stereocenters. The van der Waals surface area contributed by atoms with Crippen LogP contribution in [0.15, 0.2) is 24.3 Å². The average molecular weight is 396 g/mol. The van der Waals surface area contributed by atoms with Gasteiger partial charge in [0.05, 0.1) is 18.3 Å². The fourth-order valence-corrected chi connectivity index (χ4v) is 4.05. The van der Waals surface area contributed by atoms with Crippen molar-refractivity contribution in [2.45, 2.75) is 76.9 Å². The van der Waals surface area contributed by atoms with Crippen LogP contribution in [0.5, 0.6) is 5.75 Å². The van der Waals surface area contributed by atoms with Crippen molar-refractivity contribution in [3.8, 4) is 5.75 Å². The third-order valence-corrected chi connectivity index (χ3v) is 5.71. The molecule has 3 rings (SSSR count). The van der Waals surface area contributed by atoms with Gasteiger partial charge in [-0.1, -0.05) is 12.8 Å². The first-order chi connectivity index (χ1) is 12.7. The van der Waals surface area contributed by atoms with E-state index >= 15 is 0 Å². The van der Waals surface area contributed by atoms with Crippen LogP contribution in [0.2, 0.25) is 0 Å². The van der Waals surface area contributed by atoms with E-state index in [0.717, 1.165) is 31.6 Å². The number of ether oxygens (including phenoxy) is 2. The molecular weight excluding hydrogens is 362 g/mol. The maximum absolute atomic E-state index is 12.2. The van der Waals surface area contributed by atoms with Gasteiger partial charge in [0.1, 0.15) is 5.75 Å². The normalized spacial score (nSPS) is 21.3. The fourth-order valence-electron chi connectivity index (χ4n) is 4.05. The van der Waals surface area contributed by atoms with Crippen molar-refractivity contribution in [2.24, 2.45) is 0 Å². The van der Waals surface area contributed by atoms with Crippen LogP contribution in [0.1, 0.15) is 75.1 Å². The molecule has 0 bridgehead atoms. The molecule has 2 fully saturated rings. The van der Waals surface area contributed by atoms with E-state index in [1.54, 1.807) is 0 Å². The number of carbonyl (C=O) groups excluding carboxylic acids is 1. The lowest BCUT2D eigenvalue weighted by Gasteiger charge is -2.33. The molecule has 0 amide bonds. The van der Waals surface area contributed by atoms with Gasteiger partial charge >= 0.3 is 5.97 Å². The molecule has 1 aliphatic heterocycles. The van der Waals surface area contributed by atoms with E-state index < -0.39 is 0 Å².